The molecule has 1 unspecified atom stereocenters. The van der Waals surface area contributed by atoms with Crippen molar-refractivity contribution in [2.24, 2.45) is 5.92 Å². The third-order valence-corrected chi connectivity index (χ3v) is 5.93. The van der Waals surface area contributed by atoms with Gasteiger partial charge in [0.15, 0.2) is 0 Å². The molecule has 2 N–H and O–H groups in total. The first-order valence-corrected chi connectivity index (χ1v) is 8.63. The van der Waals surface area contributed by atoms with E-state index in [1.807, 2.05) is 0 Å². The van der Waals surface area contributed by atoms with E-state index in [4.69, 9.17) is 4.74 Å². The van der Waals surface area contributed by atoms with E-state index in [1.54, 1.807) is 0 Å². The van der Waals surface area contributed by atoms with Gasteiger partial charge in [-0.15, -0.1) is 0 Å². The third kappa shape index (κ3) is 4.13. The maximum absolute atomic E-state index is 12.3. The highest BCUT2D eigenvalue weighted by molar-refractivity contribution is 7.89. The molecule has 2 aliphatic heterocycles. The Morgan fingerprint density at radius 1 is 1.32 bits per heavy atom. The van der Waals surface area contributed by atoms with Gasteiger partial charge in [0.1, 0.15) is 0 Å². The molecule has 6 nitrogen and oxygen atoms in total. The molecule has 0 spiro atoms. The molecule has 0 radical (unpaired) electrons. The van der Waals surface area contributed by atoms with Crippen LogP contribution in [0.5, 0.6) is 0 Å². The van der Waals surface area contributed by atoms with Gasteiger partial charge in [-0.3, -0.25) is 0 Å². The molecular weight excluding hydrogens is 268 g/mol. The molecule has 2 saturated heterocycles. The number of aliphatic hydroxyl groups is 1. The van der Waals surface area contributed by atoms with Gasteiger partial charge in [0.2, 0.25) is 10.0 Å². The fourth-order valence-electron chi connectivity index (χ4n) is 2.75. The van der Waals surface area contributed by atoms with Crippen LogP contribution in [-0.4, -0.2) is 69.1 Å². The largest absolute Gasteiger partial charge is 0.395 e. The zero-order valence-electron chi connectivity index (χ0n) is 11.3. The van der Waals surface area contributed by atoms with Crippen molar-refractivity contribution in [1.29, 1.82) is 0 Å². The number of morpholine rings is 1. The fourth-order valence-corrected chi connectivity index (χ4v) is 4.55. The fraction of sp³-hybridized carbons (Fsp3) is 1.00. The van der Waals surface area contributed by atoms with Crippen LogP contribution in [0.2, 0.25) is 0 Å². The van der Waals surface area contributed by atoms with E-state index in [-0.39, 0.29) is 12.4 Å². The Hall–Kier alpha value is -0.210. The minimum absolute atomic E-state index is 0.174. The van der Waals surface area contributed by atoms with Gasteiger partial charge in [-0.05, 0) is 38.3 Å². The summed E-state index contributed by atoms with van der Waals surface area (Å²) >= 11 is 0. The number of ether oxygens (including phenoxy) is 1. The van der Waals surface area contributed by atoms with Crippen LogP contribution in [0.15, 0.2) is 0 Å². The van der Waals surface area contributed by atoms with E-state index in [2.05, 4.69) is 5.32 Å². The van der Waals surface area contributed by atoms with Gasteiger partial charge in [0.25, 0.3) is 0 Å². The Kier molecular flexibility index (Phi) is 5.58. The predicted molar refractivity (Wildman–Crippen MR) is 72.4 cm³/mol. The molecule has 2 rings (SSSR count). The second-order valence-electron chi connectivity index (χ2n) is 5.32. The van der Waals surface area contributed by atoms with E-state index in [0.29, 0.717) is 25.7 Å². The first-order chi connectivity index (χ1) is 9.13. The van der Waals surface area contributed by atoms with Crippen LogP contribution in [0.25, 0.3) is 0 Å². The van der Waals surface area contributed by atoms with Crippen LogP contribution in [-0.2, 0) is 14.8 Å². The molecule has 1 atom stereocenters. The number of aliphatic hydroxyl groups excluding tert-OH is 1. The lowest BCUT2D eigenvalue weighted by Crippen LogP contribution is -2.51. The molecule has 2 heterocycles. The summed E-state index contributed by atoms with van der Waals surface area (Å²) in [5, 5.41) is 12.5. The van der Waals surface area contributed by atoms with Gasteiger partial charge in [-0.25, -0.2) is 8.42 Å². The summed E-state index contributed by atoms with van der Waals surface area (Å²) in [7, 11) is -3.27. The Balaban J connectivity index is 1.89. The van der Waals surface area contributed by atoms with E-state index in [0.717, 1.165) is 32.4 Å². The molecular formula is C12H24N2O4S. The number of hydrogen-bond acceptors (Lipinski definition) is 5. The smallest absolute Gasteiger partial charge is 0.214 e. The zero-order valence-corrected chi connectivity index (χ0v) is 12.1. The summed E-state index contributed by atoms with van der Waals surface area (Å²) in [4.78, 5) is 0. The standard InChI is InChI=1S/C12H24N2O4S/c15-9-12-10-18-7-6-14(12)19(16,17)8-3-11-1-4-13-5-2-11/h11-13,15H,1-10H2. The lowest BCUT2D eigenvalue weighted by Gasteiger charge is -2.34. The van der Waals surface area contributed by atoms with E-state index < -0.39 is 16.1 Å². The minimum Gasteiger partial charge on any atom is -0.395 e. The highest BCUT2D eigenvalue weighted by Crippen LogP contribution is 2.20. The van der Waals surface area contributed by atoms with Crippen molar-refractivity contribution >= 4 is 10.0 Å². The second kappa shape index (κ2) is 6.99. The van der Waals surface area contributed by atoms with E-state index in [9.17, 15) is 13.5 Å². The van der Waals surface area contributed by atoms with Crippen LogP contribution in [0.4, 0.5) is 0 Å². The number of piperidine rings is 1. The first-order valence-electron chi connectivity index (χ1n) is 7.02. The van der Waals surface area contributed by atoms with Crippen LogP contribution in [0.1, 0.15) is 19.3 Å². The highest BCUT2D eigenvalue weighted by atomic mass is 32.2. The van der Waals surface area contributed by atoms with Crippen molar-refractivity contribution in [1.82, 2.24) is 9.62 Å². The SMILES string of the molecule is O=S(=O)(CCC1CCNCC1)N1CCOCC1CO. The molecule has 0 bridgehead atoms. The maximum Gasteiger partial charge on any atom is 0.214 e. The summed E-state index contributed by atoms with van der Waals surface area (Å²) in [5.41, 5.74) is 0. The summed E-state index contributed by atoms with van der Waals surface area (Å²) in [6.45, 7) is 2.88. The molecule has 0 amide bonds. The van der Waals surface area contributed by atoms with Gasteiger partial charge in [0, 0.05) is 6.54 Å². The normalized spacial score (nSPS) is 27.5. The second-order valence-corrected chi connectivity index (χ2v) is 7.36. The topological polar surface area (TPSA) is 78.9 Å². The Bertz CT molecular complexity index is 368. The number of nitrogens with zero attached hydrogens (tertiary/aromatic N) is 1. The molecule has 19 heavy (non-hydrogen) atoms. The number of rotatable bonds is 5. The Morgan fingerprint density at radius 2 is 2.05 bits per heavy atom. The lowest BCUT2D eigenvalue weighted by molar-refractivity contribution is 0.0108. The molecule has 0 saturated carbocycles. The van der Waals surface area contributed by atoms with Crippen LogP contribution in [0, 0.1) is 5.92 Å². The van der Waals surface area contributed by atoms with Crippen molar-refractivity contribution in [2.75, 3.05) is 45.2 Å². The molecule has 0 aromatic heterocycles. The molecule has 2 aliphatic rings. The molecule has 0 aliphatic carbocycles. The van der Waals surface area contributed by atoms with Crippen molar-refractivity contribution in [3.63, 3.8) is 0 Å². The predicted octanol–water partition coefficient (Wildman–Crippen LogP) is -0.601. The van der Waals surface area contributed by atoms with Crippen LogP contribution >= 0.6 is 0 Å². The third-order valence-electron chi connectivity index (χ3n) is 3.98. The lowest BCUT2D eigenvalue weighted by atomic mass is 9.96. The summed E-state index contributed by atoms with van der Waals surface area (Å²) in [5.74, 6) is 0.693. The van der Waals surface area contributed by atoms with Gasteiger partial charge >= 0.3 is 0 Å². The van der Waals surface area contributed by atoms with Gasteiger partial charge in [-0.1, -0.05) is 0 Å². The van der Waals surface area contributed by atoms with Crippen molar-refractivity contribution in [2.45, 2.75) is 25.3 Å². The summed E-state index contributed by atoms with van der Waals surface area (Å²) in [6.07, 6.45) is 2.84. The van der Waals surface area contributed by atoms with Crippen LogP contribution in [0.3, 0.4) is 0 Å². The van der Waals surface area contributed by atoms with E-state index in [1.165, 1.54) is 4.31 Å². The summed E-state index contributed by atoms with van der Waals surface area (Å²) < 4.78 is 31.3. The van der Waals surface area contributed by atoms with E-state index >= 15 is 0 Å². The van der Waals surface area contributed by atoms with Gasteiger partial charge in [-0.2, -0.15) is 4.31 Å². The van der Waals surface area contributed by atoms with Crippen LogP contribution < -0.4 is 5.32 Å². The molecule has 2 fully saturated rings. The zero-order chi connectivity index (χ0) is 13.7. The van der Waals surface area contributed by atoms with Gasteiger partial charge in [0.05, 0.1) is 31.6 Å². The van der Waals surface area contributed by atoms with Gasteiger partial charge < -0.3 is 15.2 Å². The van der Waals surface area contributed by atoms with Crippen molar-refractivity contribution < 1.29 is 18.3 Å². The Morgan fingerprint density at radius 3 is 2.74 bits per heavy atom. The molecule has 0 aromatic rings. The molecule has 0 aromatic carbocycles. The minimum atomic E-state index is -3.27. The highest BCUT2D eigenvalue weighted by Gasteiger charge is 2.32. The average Bonchev–Trinajstić information content (AvgIpc) is 2.46. The quantitative estimate of drug-likeness (QED) is 0.707. The molecule has 7 heteroatoms. The maximum atomic E-state index is 12.3. The number of hydrogen-bond donors (Lipinski definition) is 2. The number of sulfonamides is 1. The summed E-state index contributed by atoms with van der Waals surface area (Å²) in [6, 6.07) is -0.410. The monoisotopic (exact) mass is 292 g/mol. The molecule has 112 valence electrons. The average molecular weight is 292 g/mol. The first kappa shape index (κ1) is 15.2. The Labute approximate surface area is 115 Å². The van der Waals surface area contributed by atoms with Crippen molar-refractivity contribution in [3.05, 3.63) is 0 Å². The number of nitrogens with one attached hydrogen (secondary N) is 1. The van der Waals surface area contributed by atoms with Crippen molar-refractivity contribution in [3.8, 4) is 0 Å².